The van der Waals surface area contributed by atoms with Crippen LogP contribution in [-0.4, -0.2) is 18.1 Å². The van der Waals surface area contributed by atoms with E-state index in [0.29, 0.717) is 29.6 Å². The van der Waals surface area contributed by atoms with Gasteiger partial charge in [0.25, 0.3) is 0 Å². The number of hydrogen-bond donors (Lipinski definition) is 1. The number of nitrogens with one attached hydrogen (secondary N) is 1. The molecule has 3 rings (SSSR count). The first kappa shape index (κ1) is 22.1. The smallest absolute Gasteiger partial charge is 0.408 e. The molecule has 7 heteroatoms. The maximum absolute atomic E-state index is 12.8. The molecule has 2 aromatic carbocycles. The average Bonchev–Trinajstić information content (AvgIpc) is 2.75. The van der Waals surface area contributed by atoms with E-state index in [4.69, 9.17) is 13.9 Å². The molecule has 0 fully saturated rings. The van der Waals surface area contributed by atoms with E-state index in [1.54, 1.807) is 19.1 Å². The van der Waals surface area contributed by atoms with Crippen LogP contribution in [0.2, 0.25) is 0 Å². The summed E-state index contributed by atoms with van der Waals surface area (Å²) in [4.78, 5) is 36.8. The largest absolute Gasteiger partial charge is 0.445 e. The summed E-state index contributed by atoms with van der Waals surface area (Å²) in [6, 6.07) is 13.2. The molecule has 7 nitrogen and oxygen atoms in total. The summed E-state index contributed by atoms with van der Waals surface area (Å²) in [5.41, 5.74) is 2.23. The van der Waals surface area contributed by atoms with Crippen LogP contribution in [0.15, 0.2) is 57.7 Å². The van der Waals surface area contributed by atoms with Crippen LogP contribution in [0.25, 0.3) is 11.0 Å². The minimum absolute atomic E-state index is 0.0968. The molecule has 1 N–H and O–H groups in total. The molecule has 1 atom stereocenters. The molecule has 3 aromatic rings. The van der Waals surface area contributed by atoms with Crippen LogP contribution in [0.5, 0.6) is 5.75 Å². The van der Waals surface area contributed by atoms with E-state index in [9.17, 15) is 14.4 Å². The van der Waals surface area contributed by atoms with E-state index in [1.807, 2.05) is 44.2 Å². The maximum atomic E-state index is 12.8. The van der Waals surface area contributed by atoms with E-state index in [0.717, 1.165) is 16.7 Å². The minimum Gasteiger partial charge on any atom is -0.445 e. The van der Waals surface area contributed by atoms with Crippen molar-refractivity contribution in [2.24, 2.45) is 0 Å². The maximum Gasteiger partial charge on any atom is 0.408 e. The van der Waals surface area contributed by atoms with Crippen molar-refractivity contribution in [3.63, 3.8) is 0 Å². The van der Waals surface area contributed by atoms with Gasteiger partial charge in [0.15, 0.2) is 0 Å². The highest BCUT2D eigenvalue weighted by Gasteiger charge is 2.23. The standard InChI is InChI=1S/C24H25NO6/c1-4-17-13-21(26)30-19-11-15(3)12-20(22(17)19)31-23(27)18(5-2)25-24(28)29-14-16-9-7-6-8-10-16/h6-13,18H,4-5,14H2,1-3H3,(H,25,28)/t18-/m1/s1. The third-order valence-corrected chi connectivity index (χ3v) is 4.82. The first-order valence-electron chi connectivity index (χ1n) is 10.2. The highest BCUT2D eigenvalue weighted by molar-refractivity contribution is 5.91. The zero-order valence-electron chi connectivity index (χ0n) is 17.8. The van der Waals surface area contributed by atoms with Gasteiger partial charge in [0.1, 0.15) is 24.0 Å². The number of amides is 1. The molecule has 0 aliphatic carbocycles. The fourth-order valence-corrected chi connectivity index (χ4v) is 3.24. The van der Waals surface area contributed by atoms with Gasteiger partial charge in [0.2, 0.25) is 0 Å². The molecule has 31 heavy (non-hydrogen) atoms. The Morgan fingerprint density at radius 1 is 1.10 bits per heavy atom. The third-order valence-electron chi connectivity index (χ3n) is 4.82. The van der Waals surface area contributed by atoms with Crippen molar-refractivity contribution in [3.8, 4) is 5.75 Å². The quantitative estimate of drug-likeness (QED) is 0.346. The Morgan fingerprint density at radius 2 is 1.84 bits per heavy atom. The summed E-state index contributed by atoms with van der Waals surface area (Å²) in [6.45, 7) is 5.57. The number of ether oxygens (including phenoxy) is 2. The topological polar surface area (TPSA) is 94.8 Å². The number of hydrogen-bond acceptors (Lipinski definition) is 6. The van der Waals surface area contributed by atoms with Crippen LogP contribution < -0.4 is 15.7 Å². The highest BCUT2D eigenvalue weighted by Crippen LogP contribution is 2.30. The number of benzene rings is 2. The lowest BCUT2D eigenvalue weighted by Crippen LogP contribution is -2.42. The van der Waals surface area contributed by atoms with Gasteiger partial charge in [-0.1, -0.05) is 44.2 Å². The Morgan fingerprint density at radius 3 is 2.52 bits per heavy atom. The van der Waals surface area contributed by atoms with E-state index < -0.39 is 23.7 Å². The molecule has 0 aliphatic heterocycles. The lowest BCUT2D eigenvalue weighted by molar-refractivity contribution is -0.136. The van der Waals surface area contributed by atoms with E-state index in [2.05, 4.69) is 5.32 Å². The van der Waals surface area contributed by atoms with Gasteiger partial charge < -0.3 is 19.2 Å². The average molecular weight is 423 g/mol. The SMILES string of the molecule is CCc1cc(=O)oc2cc(C)cc(OC(=O)[C@@H](CC)NC(=O)OCc3ccccc3)c12. The van der Waals surface area contributed by atoms with Crippen molar-refractivity contribution < 1.29 is 23.5 Å². The third kappa shape index (κ3) is 5.51. The molecule has 0 radical (unpaired) electrons. The molecule has 1 aromatic heterocycles. The van der Waals surface area contributed by atoms with Crippen molar-refractivity contribution in [3.05, 3.63) is 75.6 Å². The molecule has 0 saturated heterocycles. The van der Waals surface area contributed by atoms with Crippen LogP contribution in [0, 0.1) is 6.92 Å². The van der Waals surface area contributed by atoms with E-state index >= 15 is 0 Å². The summed E-state index contributed by atoms with van der Waals surface area (Å²) in [7, 11) is 0. The van der Waals surface area contributed by atoms with Crippen molar-refractivity contribution in [2.75, 3.05) is 0 Å². The molecule has 1 heterocycles. The first-order valence-corrected chi connectivity index (χ1v) is 10.2. The number of carbonyl (C=O) groups excluding carboxylic acids is 2. The Hall–Kier alpha value is -3.61. The first-order chi connectivity index (χ1) is 14.9. The second-order valence-corrected chi connectivity index (χ2v) is 7.17. The minimum atomic E-state index is -0.889. The van der Waals surface area contributed by atoms with Gasteiger partial charge in [-0.25, -0.2) is 14.4 Å². The van der Waals surface area contributed by atoms with Crippen LogP contribution in [0.3, 0.4) is 0 Å². The number of fused-ring (bicyclic) bond motifs is 1. The monoisotopic (exact) mass is 423 g/mol. The second-order valence-electron chi connectivity index (χ2n) is 7.17. The molecule has 162 valence electrons. The van der Waals surface area contributed by atoms with Crippen molar-refractivity contribution in [2.45, 2.75) is 46.3 Å². The van der Waals surface area contributed by atoms with Gasteiger partial charge in [0.05, 0.1) is 5.39 Å². The van der Waals surface area contributed by atoms with Crippen molar-refractivity contribution in [1.29, 1.82) is 0 Å². The van der Waals surface area contributed by atoms with Crippen molar-refractivity contribution >= 4 is 23.0 Å². The van der Waals surface area contributed by atoms with Crippen LogP contribution in [-0.2, 0) is 22.6 Å². The van der Waals surface area contributed by atoms with Gasteiger partial charge in [-0.2, -0.15) is 0 Å². The molecular formula is C24H25NO6. The predicted octanol–water partition coefficient (Wildman–Crippen LogP) is 4.27. The number of rotatable bonds is 7. The fraction of sp³-hybridized carbons (Fsp3) is 0.292. The number of carbonyl (C=O) groups is 2. The van der Waals surface area contributed by atoms with Crippen LogP contribution >= 0.6 is 0 Å². The number of alkyl carbamates (subject to hydrolysis) is 1. The predicted molar refractivity (Wildman–Crippen MR) is 116 cm³/mol. The summed E-state index contributed by atoms with van der Waals surface area (Å²) in [5.74, 6) is -0.335. The van der Waals surface area contributed by atoms with E-state index in [-0.39, 0.29) is 6.61 Å². The van der Waals surface area contributed by atoms with Gasteiger partial charge in [0, 0.05) is 6.07 Å². The van der Waals surface area contributed by atoms with Gasteiger partial charge in [-0.15, -0.1) is 0 Å². The van der Waals surface area contributed by atoms with Crippen LogP contribution in [0.4, 0.5) is 4.79 Å². The molecular weight excluding hydrogens is 398 g/mol. The van der Waals surface area contributed by atoms with E-state index in [1.165, 1.54) is 6.07 Å². The summed E-state index contributed by atoms with van der Waals surface area (Å²) >= 11 is 0. The second kappa shape index (κ2) is 9.93. The molecule has 0 saturated carbocycles. The molecule has 1 amide bonds. The zero-order chi connectivity index (χ0) is 22.4. The Kier molecular flexibility index (Phi) is 7.07. The van der Waals surface area contributed by atoms with Gasteiger partial charge >= 0.3 is 17.7 Å². The Labute approximate surface area is 180 Å². The summed E-state index contributed by atoms with van der Waals surface area (Å²) in [5, 5.41) is 3.12. The molecule has 0 spiro atoms. The normalized spacial score (nSPS) is 11.7. The highest BCUT2D eigenvalue weighted by atomic mass is 16.6. The molecule has 0 unspecified atom stereocenters. The molecule has 0 bridgehead atoms. The van der Waals surface area contributed by atoms with Gasteiger partial charge in [-0.05, 0) is 48.6 Å². The lowest BCUT2D eigenvalue weighted by atomic mass is 10.0. The Bertz CT molecular complexity index is 1140. The number of esters is 1. The van der Waals surface area contributed by atoms with Crippen molar-refractivity contribution in [1.82, 2.24) is 5.32 Å². The summed E-state index contributed by atoms with van der Waals surface area (Å²) in [6.07, 6.45) is 0.178. The molecule has 0 aliphatic rings. The number of aryl methyl sites for hydroxylation is 2. The van der Waals surface area contributed by atoms with Crippen LogP contribution in [0.1, 0.15) is 37.0 Å². The van der Waals surface area contributed by atoms with Gasteiger partial charge in [-0.3, -0.25) is 0 Å². The lowest BCUT2D eigenvalue weighted by Gasteiger charge is -2.17. The zero-order valence-corrected chi connectivity index (χ0v) is 17.8. The fourth-order valence-electron chi connectivity index (χ4n) is 3.24. The Balaban J connectivity index is 1.75. The summed E-state index contributed by atoms with van der Waals surface area (Å²) < 4.78 is 16.1.